The third-order valence-electron chi connectivity index (χ3n) is 12.8. The monoisotopic (exact) mass is 821 g/mol. The summed E-state index contributed by atoms with van der Waals surface area (Å²) in [5, 5.41) is 7.72. The van der Waals surface area contributed by atoms with Gasteiger partial charge in [-0.15, -0.1) is 0 Å². The number of nitrogens with zero attached hydrogens (tertiary/aromatic N) is 8. The molecule has 312 valence electrons. The van der Waals surface area contributed by atoms with Gasteiger partial charge in [-0.2, -0.15) is 5.10 Å². The quantitative estimate of drug-likeness (QED) is 0.219. The zero-order valence-electron chi connectivity index (χ0n) is 34.0. The summed E-state index contributed by atoms with van der Waals surface area (Å²) < 4.78 is 50.7. The number of amides is 2. The Morgan fingerprint density at radius 1 is 0.900 bits per heavy atom. The normalized spacial score (nSPS) is 19.1. The van der Waals surface area contributed by atoms with E-state index < -0.39 is 29.8 Å². The molecule has 1 atom stereocenters. The van der Waals surface area contributed by atoms with Gasteiger partial charge in [-0.25, -0.2) is 13.6 Å². The third-order valence-corrected chi connectivity index (χ3v) is 12.8. The molecule has 0 radical (unpaired) electrons. The molecular formula is C43H45F2N9O6. The van der Waals surface area contributed by atoms with E-state index in [9.17, 15) is 19.2 Å². The van der Waals surface area contributed by atoms with Crippen LogP contribution in [-0.4, -0.2) is 91.5 Å². The van der Waals surface area contributed by atoms with E-state index in [1.165, 1.54) is 27.9 Å². The van der Waals surface area contributed by atoms with E-state index in [4.69, 9.17) is 9.47 Å². The molecule has 2 amide bonds. The molecule has 1 unspecified atom stereocenters. The van der Waals surface area contributed by atoms with E-state index in [-0.39, 0.29) is 55.9 Å². The average Bonchev–Trinajstić information content (AvgIpc) is 3.86. The zero-order chi connectivity index (χ0) is 42.2. The molecule has 3 saturated heterocycles. The van der Waals surface area contributed by atoms with E-state index in [1.54, 1.807) is 54.4 Å². The van der Waals surface area contributed by atoms with E-state index >= 15 is 8.78 Å². The first-order valence-corrected chi connectivity index (χ1v) is 19.8. The number of fused-ring (bicyclic) bond motifs is 2. The van der Waals surface area contributed by atoms with Gasteiger partial charge in [0.05, 0.1) is 65.7 Å². The van der Waals surface area contributed by atoms with Crippen LogP contribution in [0.3, 0.4) is 0 Å². The summed E-state index contributed by atoms with van der Waals surface area (Å²) in [6.45, 7) is 0.564. The number of imide groups is 1. The number of aromatic nitrogens is 6. The first kappa shape index (κ1) is 39.1. The largest absolute Gasteiger partial charge is 0.496 e. The number of nitrogens with one attached hydrogen (secondary N) is 1. The molecule has 6 aromatic rings. The lowest BCUT2D eigenvalue weighted by Gasteiger charge is -2.43. The summed E-state index contributed by atoms with van der Waals surface area (Å²) in [5.41, 5.74) is 3.58. The summed E-state index contributed by atoms with van der Waals surface area (Å²) in [5.74, 6) is -2.93. The van der Waals surface area contributed by atoms with Crippen LogP contribution in [0.25, 0.3) is 44.2 Å². The van der Waals surface area contributed by atoms with Crippen molar-refractivity contribution in [3.8, 4) is 33.9 Å². The van der Waals surface area contributed by atoms with Crippen molar-refractivity contribution in [2.45, 2.75) is 44.2 Å². The number of imidazole rings is 1. The first-order valence-electron chi connectivity index (χ1n) is 19.8. The number of halogens is 2. The number of alkyl halides is 2. The van der Waals surface area contributed by atoms with Gasteiger partial charge in [0.25, 0.3) is 11.5 Å². The van der Waals surface area contributed by atoms with Gasteiger partial charge in [0.2, 0.25) is 11.8 Å². The molecule has 3 aliphatic rings. The van der Waals surface area contributed by atoms with Crippen LogP contribution in [0.1, 0.15) is 37.3 Å². The molecule has 0 bridgehead atoms. The number of ether oxygens (including phenoxy) is 2. The standard InChI is InChI=1S/C43H45F2N9O6/c1-49-21-29(27-17-31(26-18-47-50(2)20-26)46-19-28(27)40(49)57)25-15-35(59-4)30(36(16-25)60-5)22-52-23-42(43(44,45)24-52)11-13-53(14-12-42)32-7-6-8-33-38(32)51(3)41(58)54(33)34-9-10-37(55)48-39(34)56/h6-8,15-21,34H,9-14,22-24H2,1-5H3,(H,48,55,56). The molecule has 3 aliphatic heterocycles. The van der Waals surface area contributed by atoms with Crippen LogP contribution >= 0.6 is 0 Å². The van der Waals surface area contributed by atoms with Crippen molar-refractivity contribution in [3.05, 3.63) is 87.6 Å². The van der Waals surface area contributed by atoms with Gasteiger partial charge in [-0.3, -0.25) is 43.4 Å². The van der Waals surface area contributed by atoms with E-state index in [0.29, 0.717) is 63.2 Å². The van der Waals surface area contributed by atoms with Crippen LogP contribution in [0, 0.1) is 5.41 Å². The second-order valence-electron chi connectivity index (χ2n) is 16.3. The number of methoxy groups -OCH3 is 2. The number of carbonyl (C=O) groups is 2. The van der Waals surface area contributed by atoms with Crippen LogP contribution in [0.4, 0.5) is 14.5 Å². The molecule has 4 aromatic heterocycles. The Morgan fingerprint density at radius 2 is 1.63 bits per heavy atom. The van der Waals surface area contributed by atoms with Gasteiger partial charge in [0.1, 0.15) is 17.5 Å². The Balaban J connectivity index is 0.983. The van der Waals surface area contributed by atoms with Crippen molar-refractivity contribution < 1.29 is 27.8 Å². The van der Waals surface area contributed by atoms with Crippen molar-refractivity contribution in [2.24, 2.45) is 26.6 Å². The van der Waals surface area contributed by atoms with E-state index in [1.807, 2.05) is 42.4 Å². The molecule has 0 aliphatic carbocycles. The maximum absolute atomic E-state index is 16.4. The van der Waals surface area contributed by atoms with Gasteiger partial charge < -0.3 is 18.9 Å². The van der Waals surface area contributed by atoms with E-state index in [2.05, 4.69) is 15.4 Å². The molecule has 17 heteroatoms. The number of likely N-dealkylation sites (tertiary alicyclic amines) is 1. The molecule has 2 aromatic carbocycles. The molecule has 9 rings (SSSR count). The van der Waals surface area contributed by atoms with Crippen molar-refractivity contribution in [1.82, 2.24) is 38.7 Å². The number of hydrogen-bond acceptors (Lipinski definition) is 10. The average molecular weight is 822 g/mol. The fraction of sp³-hybridized carbons (Fsp3) is 0.395. The number of rotatable bonds is 8. The Hall–Kier alpha value is -6.36. The van der Waals surface area contributed by atoms with Crippen molar-refractivity contribution in [2.75, 3.05) is 45.3 Å². The predicted octanol–water partition coefficient (Wildman–Crippen LogP) is 4.39. The highest BCUT2D eigenvalue weighted by atomic mass is 19.3. The molecule has 0 saturated carbocycles. The van der Waals surface area contributed by atoms with Gasteiger partial charge in [-0.05, 0) is 55.2 Å². The number of aryl methyl sites for hydroxylation is 3. The molecular weight excluding hydrogens is 777 g/mol. The number of benzene rings is 2. The van der Waals surface area contributed by atoms with Crippen LogP contribution < -0.4 is 30.9 Å². The predicted molar refractivity (Wildman–Crippen MR) is 220 cm³/mol. The fourth-order valence-corrected chi connectivity index (χ4v) is 9.58. The summed E-state index contributed by atoms with van der Waals surface area (Å²) >= 11 is 0. The van der Waals surface area contributed by atoms with Crippen LogP contribution in [-0.2, 0) is 37.3 Å². The van der Waals surface area contributed by atoms with Gasteiger partial charge in [-0.1, -0.05) is 6.07 Å². The molecule has 7 heterocycles. The highest BCUT2D eigenvalue weighted by molar-refractivity contribution is 6.01. The Bertz CT molecular complexity index is 2830. The van der Waals surface area contributed by atoms with Gasteiger partial charge >= 0.3 is 5.69 Å². The minimum atomic E-state index is -2.98. The van der Waals surface area contributed by atoms with Crippen molar-refractivity contribution in [3.63, 3.8) is 0 Å². The lowest BCUT2D eigenvalue weighted by atomic mass is 9.75. The second-order valence-corrected chi connectivity index (χ2v) is 16.3. The first-order chi connectivity index (χ1) is 28.7. The third kappa shape index (κ3) is 6.24. The highest BCUT2D eigenvalue weighted by Crippen LogP contribution is 2.52. The Kier molecular flexibility index (Phi) is 9.41. The number of piperidine rings is 2. The Labute approximate surface area is 342 Å². The SMILES string of the molecule is COc1cc(-c2cn(C)c(=O)c3cnc(-c4cnn(C)c4)cc23)cc(OC)c1CN1CC(F)(F)C2(CCN(c3cccc4c3n(C)c(=O)n4C3CCC(=O)NC3=O)CC2)C1. The maximum Gasteiger partial charge on any atom is 0.329 e. The minimum absolute atomic E-state index is 0.129. The lowest BCUT2D eigenvalue weighted by molar-refractivity contribution is -0.135. The molecule has 1 spiro atoms. The zero-order valence-corrected chi connectivity index (χ0v) is 34.0. The van der Waals surface area contributed by atoms with Crippen molar-refractivity contribution in [1.29, 1.82) is 0 Å². The summed E-state index contributed by atoms with van der Waals surface area (Å²) in [7, 11) is 8.22. The van der Waals surface area contributed by atoms with E-state index in [0.717, 1.165) is 16.8 Å². The summed E-state index contributed by atoms with van der Waals surface area (Å²) in [4.78, 5) is 59.8. The molecule has 60 heavy (non-hydrogen) atoms. The number of para-hydroxylation sites is 1. The number of pyridine rings is 2. The minimum Gasteiger partial charge on any atom is -0.496 e. The molecule has 3 fully saturated rings. The van der Waals surface area contributed by atoms with Crippen LogP contribution in [0.5, 0.6) is 11.5 Å². The fourth-order valence-electron chi connectivity index (χ4n) is 9.58. The van der Waals surface area contributed by atoms with Crippen molar-refractivity contribution >= 4 is 39.3 Å². The van der Waals surface area contributed by atoms with Crippen LogP contribution in [0.15, 0.2) is 70.8 Å². The highest BCUT2D eigenvalue weighted by Gasteiger charge is 2.60. The maximum atomic E-state index is 16.4. The lowest BCUT2D eigenvalue weighted by Crippen LogP contribution is -2.49. The topological polar surface area (TPSA) is 151 Å². The Morgan fingerprint density at radius 3 is 2.30 bits per heavy atom. The number of carbonyl (C=O) groups excluding carboxylic acids is 2. The number of hydrogen-bond donors (Lipinski definition) is 1. The summed E-state index contributed by atoms with van der Waals surface area (Å²) in [6, 6.07) is 10.2. The van der Waals surface area contributed by atoms with Crippen LogP contribution in [0.2, 0.25) is 0 Å². The number of anilines is 1. The molecule has 1 N–H and O–H groups in total. The summed E-state index contributed by atoms with van der Waals surface area (Å²) in [6.07, 6.45) is 7.68. The molecule has 15 nitrogen and oxygen atoms in total. The van der Waals surface area contributed by atoms with Gasteiger partial charge in [0.15, 0.2) is 0 Å². The van der Waals surface area contributed by atoms with Gasteiger partial charge in [0, 0.05) is 88.8 Å². The smallest absolute Gasteiger partial charge is 0.329 e. The second kappa shape index (κ2) is 14.4.